The van der Waals surface area contributed by atoms with Crippen molar-refractivity contribution < 1.29 is 9.21 Å². The largest absolute Gasteiger partial charge is 0.467 e. The number of benzene rings is 1. The van der Waals surface area contributed by atoms with Gasteiger partial charge in [-0.25, -0.2) is 4.98 Å². The predicted molar refractivity (Wildman–Crippen MR) is 120 cm³/mol. The van der Waals surface area contributed by atoms with E-state index in [0.717, 1.165) is 35.0 Å². The van der Waals surface area contributed by atoms with Gasteiger partial charge in [-0.15, -0.1) is 11.3 Å². The van der Waals surface area contributed by atoms with Gasteiger partial charge in [0.2, 0.25) is 0 Å². The van der Waals surface area contributed by atoms with Gasteiger partial charge in [-0.05, 0) is 60.6 Å². The van der Waals surface area contributed by atoms with E-state index < -0.39 is 0 Å². The van der Waals surface area contributed by atoms with Crippen LogP contribution in [0.25, 0.3) is 10.2 Å². The lowest BCUT2D eigenvalue weighted by Crippen LogP contribution is -2.24. The summed E-state index contributed by atoms with van der Waals surface area (Å²) in [7, 11) is 0. The van der Waals surface area contributed by atoms with Gasteiger partial charge in [0, 0.05) is 10.4 Å². The van der Waals surface area contributed by atoms with Crippen molar-refractivity contribution in [1.29, 1.82) is 0 Å². The van der Waals surface area contributed by atoms with Crippen molar-refractivity contribution >= 4 is 27.5 Å². The summed E-state index contributed by atoms with van der Waals surface area (Å²) in [6, 6.07) is 10.9. The van der Waals surface area contributed by atoms with Crippen LogP contribution in [0.2, 0.25) is 0 Å². The molecule has 0 saturated carbocycles. The first-order valence-electron chi connectivity index (χ1n) is 10.5. The maximum absolute atomic E-state index is 13.2. The van der Waals surface area contributed by atoms with Crippen molar-refractivity contribution in [2.45, 2.75) is 39.3 Å². The third kappa shape index (κ3) is 3.93. The molecule has 1 unspecified atom stereocenters. The van der Waals surface area contributed by atoms with E-state index in [1.807, 2.05) is 24.3 Å². The third-order valence-electron chi connectivity index (χ3n) is 5.83. The Bertz CT molecular complexity index is 1300. The summed E-state index contributed by atoms with van der Waals surface area (Å²) in [6.45, 7) is 2.97. The minimum atomic E-state index is -0.180. The van der Waals surface area contributed by atoms with Crippen LogP contribution in [-0.2, 0) is 25.9 Å². The molecule has 4 aromatic rings. The van der Waals surface area contributed by atoms with Crippen molar-refractivity contribution in [1.82, 2.24) is 14.9 Å². The van der Waals surface area contributed by atoms with Crippen LogP contribution in [0, 0.1) is 5.92 Å². The highest BCUT2D eigenvalue weighted by atomic mass is 32.1. The Morgan fingerprint density at radius 1 is 1.32 bits per heavy atom. The van der Waals surface area contributed by atoms with E-state index in [4.69, 9.17) is 4.42 Å². The van der Waals surface area contributed by atoms with Gasteiger partial charge in [0.15, 0.2) is 0 Å². The van der Waals surface area contributed by atoms with E-state index >= 15 is 0 Å². The molecule has 158 valence electrons. The second kappa shape index (κ2) is 8.15. The number of thiophene rings is 1. The number of hydrogen-bond donors (Lipinski definition) is 1. The van der Waals surface area contributed by atoms with Gasteiger partial charge in [-0.3, -0.25) is 14.2 Å². The highest BCUT2D eigenvalue weighted by molar-refractivity contribution is 7.18. The monoisotopic (exact) mass is 433 g/mol. The van der Waals surface area contributed by atoms with Crippen molar-refractivity contribution in [3.05, 3.63) is 86.7 Å². The molecule has 0 spiro atoms. The van der Waals surface area contributed by atoms with Crippen LogP contribution in [0.15, 0.2) is 58.2 Å². The molecule has 3 heterocycles. The van der Waals surface area contributed by atoms with Crippen molar-refractivity contribution in [3.8, 4) is 0 Å². The van der Waals surface area contributed by atoms with Crippen molar-refractivity contribution in [3.63, 3.8) is 0 Å². The zero-order valence-corrected chi connectivity index (χ0v) is 18.1. The summed E-state index contributed by atoms with van der Waals surface area (Å²) in [5.74, 6) is 1.17. The summed E-state index contributed by atoms with van der Waals surface area (Å²) in [6.07, 6.45) is 6.30. The third-order valence-corrected chi connectivity index (χ3v) is 6.99. The maximum atomic E-state index is 13.2. The van der Waals surface area contributed by atoms with Gasteiger partial charge in [-0.2, -0.15) is 0 Å². The molecule has 0 aliphatic heterocycles. The molecular formula is C24H23N3O3S. The van der Waals surface area contributed by atoms with E-state index in [2.05, 4.69) is 17.2 Å². The lowest BCUT2D eigenvalue weighted by molar-refractivity contribution is 0.0948. The number of aromatic nitrogens is 2. The van der Waals surface area contributed by atoms with Gasteiger partial charge < -0.3 is 9.73 Å². The van der Waals surface area contributed by atoms with Crippen LogP contribution in [0.4, 0.5) is 0 Å². The molecule has 1 N–H and O–H groups in total. The number of aryl methyl sites for hydroxylation is 1. The number of carbonyl (C=O) groups is 1. The van der Waals surface area contributed by atoms with Crippen LogP contribution in [0.3, 0.4) is 0 Å². The Balaban J connectivity index is 1.38. The Labute approximate surface area is 183 Å². The first kappa shape index (κ1) is 19.8. The van der Waals surface area contributed by atoms with Crippen molar-refractivity contribution in [2.75, 3.05) is 0 Å². The second-order valence-electron chi connectivity index (χ2n) is 8.17. The number of rotatable bonds is 5. The number of fused-ring (bicyclic) bond motifs is 3. The molecule has 1 aliphatic carbocycles. The Morgan fingerprint density at radius 2 is 2.23 bits per heavy atom. The SMILES string of the molecule is CC1CCc2c(sc3ncn(Cc4cccc(C(=O)NCc5ccco5)c4)c(=O)c23)C1. The quantitative estimate of drug-likeness (QED) is 0.513. The Hall–Kier alpha value is -3.19. The van der Waals surface area contributed by atoms with Crippen LogP contribution in [0.1, 0.15) is 45.5 Å². The Kier molecular flexibility index (Phi) is 5.19. The molecule has 31 heavy (non-hydrogen) atoms. The minimum Gasteiger partial charge on any atom is -0.467 e. The zero-order valence-electron chi connectivity index (χ0n) is 17.3. The second-order valence-corrected chi connectivity index (χ2v) is 9.26. The van der Waals surface area contributed by atoms with E-state index in [9.17, 15) is 9.59 Å². The lowest BCUT2D eigenvalue weighted by Gasteiger charge is -2.17. The van der Waals surface area contributed by atoms with Crippen LogP contribution in [0.5, 0.6) is 0 Å². The molecule has 7 heteroatoms. The van der Waals surface area contributed by atoms with Crippen molar-refractivity contribution in [2.24, 2.45) is 5.92 Å². The molecule has 0 radical (unpaired) electrons. The fourth-order valence-electron chi connectivity index (χ4n) is 4.17. The number of nitrogens with one attached hydrogen (secondary N) is 1. The lowest BCUT2D eigenvalue weighted by atomic mass is 9.89. The highest BCUT2D eigenvalue weighted by Gasteiger charge is 2.23. The van der Waals surface area contributed by atoms with Crippen LogP contribution < -0.4 is 10.9 Å². The molecule has 0 bridgehead atoms. The summed E-state index contributed by atoms with van der Waals surface area (Å²) in [5.41, 5.74) is 2.63. The zero-order chi connectivity index (χ0) is 21.4. The number of nitrogens with zero attached hydrogens (tertiary/aromatic N) is 2. The fraction of sp³-hybridized carbons (Fsp3) is 0.292. The van der Waals surface area contributed by atoms with Crippen LogP contribution in [-0.4, -0.2) is 15.5 Å². The van der Waals surface area contributed by atoms with Gasteiger partial charge in [0.05, 0.1) is 31.1 Å². The summed E-state index contributed by atoms with van der Waals surface area (Å²) in [4.78, 5) is 32.5. The average molecular weight is 434 g/mol. The van der Waals surface area contributed by atoms with E-state index in [-0.39, 0.29) is 11.5 Å². The summed E-state index contributed by atoms with van der Waals surface area (Å²) >= 11 is 1.66. The molecule has 0 saturated heterocycles. The number of hydrogen-bond acceptors (Lipinski definition) is 5. The van der Waals surface area contributed by atoms with Gasteiger partial charge in [-0.1, -0.05) is 19.1 Å². The number of carbonyl (C=O) groups excluding carboxylic acids is 1. The Morgan fingerprint density at radius 3 is 3.06 bits per heavy atom. The number of furan rings is 1. The first-order chi connectivity index (χ1) is 15.1. The van der Waals surface area contributed by atoms with E-state index in [1.54, 1.807) is 40.6 Å². The molecule has 0 fully saturated rings. The van der Waals surface area contributed by atoms with Gasteiger partial charge >= 0.3 is 0 Å². The smallest absolute Gasteiger partial charge is 0.262 e. The maximum Gasteiger partial charge on any atom is 0.262 e. The molecule has 1 atom stereocenters. The van der Waals surface area contributed by atoms with Gasteiger partial charge in [0.1, 0.15) is 10.6 Å². The molecule has 1 aromatic carbocycles. The summed E-state index contributed by atoms with van der Waals surface area (Å²) in [5, 5.41) is 3.63. The fourth-order valence-corrected chi connectivity index (χ4v) is 5.51. The molecular weight excluding hydrogens is 410 g/mol. The standard InChI is InChI=1S/C24H23N3O3S/c1-15-7-8-19-20(10-15)31-23-21(19)24(29)27(14-26-23)13-16-4-2-5-17(11-16)22(28)25-12-18-6-3-9-30-18/h2-6,9,11,14-15H,7-8,10,12-13H2,1H3,(H,25,28). The molecule has 6 nitrogen and oxygen atoms in total. The molecule has 5 rings (SSSR count). The van der Waals surface area contributed by atoms with E-state index in [0.29, 0.717) is 30.3 Å². The van der Waals surface area contributed by atoms with Gasteiger partial charge in [0.25, 0.3) is 11.5 Å². The first-order valence-corrected chi connectivity index (χ1v) is 11.3. The molecule has 3 aromatic heterocycles. The van der Waals surface area contributed by atoms with Crippen LogP contribution >= 0.6 is 11.3 Å². The minimum absolute atomic E-state index is 0.00438. The molecule has 1 aliphatic rings. The molecule has 1 amide bonds. The highest BCUT2D eigenvalue weighted by Crippen LogP contribution is 2.35. The van der Waals surface area contributed by atoms with E-state index in [1.165, 1.54) is 10.4 Å². The summed E-state index contributed by atoms with van der Waals surface area (Å²) < 4.78 is 6.90. The topological polar surface area (TPSA) is 77.1 Å². The number of amides is 1. The predicted octanol–water partition coefficient (Wildman–Crippen LogP) is 4.15. The normalized spacial score (nSPS) is 15.7. The average Bonchev–Trinajstić information content (AvgIpc) is 3.41.